The van der Waals surface area contributed by atoms with E-state index >= 15 is 0 Å². The van der Waals surface area contributed by atoms with E-state index in [0.29, 0.717) is 6.04 Å². The molecule has 0 saturated heterocycles. The molecule has 2 heterocycles. The Labute approximate surface area is 118 Å². The fourth-order valence-electron chi connectivity index (χ4n) is 2.26. The fraction of sp³-hybridized carbons (Fsp3) is 0.333. The van der Waals surface area contributed by atoms with Gasteiger partial charge in [-0.3, -0.25) is 9.67 Å². The SMILES string of the molecule is CC1CN=C(NCc2cccc(Cn3cccn3)c2)N1. The maximum atomic E-state index is 4.40. The molecule has 1 aromatic heterocycles. The van der Waals surface area contributed by atoms with E-state index in [2.05, 4.69) is 51.9 Å². The van der Waals surface area contributed by atoms with Crippen LogP contribution in [0.5, 0.6) is 0 Å². The lowest BCUT2D eigenvalue weighted by atomic mass is 10.1. The Morgan fingerprint density at radius 1 is 1.35 bits per heavy atom. The van der Waals surface area contributed by atoms with E-state index < -0.39 is 0 Å². The molecule has 0 fully saturated rings. The van der Waals surface area contributed by atoms with Crippen LogP contribution in [0.2, 0.25) is 0 Å². The third-order valence-corrected chi connectivity index (χ3v) is 3.26. The van der Waals surface area contributed by atoms with Gasteiger partial charge in [0.05, 0.1) is 13.1 Å². The predicted molar refractivity (Wildman–Crippen MR) is 79.5 cm³/mol. The van der Waals surface area contributed by atoms with Crippen molar-refractivity contribution in [3.63, 3.8) is 0 Å². The molecule has 1 atom stereocenters. The highest BCUT2D eigenvalue weighted by molar-refractivity contribution is 5.81. The Morgan fingerprint density at radius 2 is 2.25 bits per heavy atom. The van der Waals surface area contributed by atoms with E-state index in [1.165, 1.54) is 11.1 Å². The Bertz CT molecular complexity index is 588. The Kier molecular flexibility index (Phi) is 3.67. The maximum absolute atomic E-state index is 4.40. The van der Waals surface area contributed by atoms with Crippen molar-refractivity contribution in [3.05, 3.63) is 53.9 Å². The van der Waals surface area contributed by atoms with E-state index in [1.54, 1.807) is 6.20 Å². The number of nitrogens with zero attached hydrogens (tertiary/aromatic N) is 3. The van der Waals surface area contributed by atoms with E-state index in [-0.39, 0.29) is 0 Å². The molecule has 2 aromatic rings. The highest BCUT2D eigenvalue weighted by Gasteiger charge is 2.11. The largest absolute Gasteiger partial charge is 0.352 e. The third kappa shape index (κ3) is 3.17. The molecule has 5 heteroatoms. The highest BCUT2D eigenvalue weighted by atomic mass is 15.3. The molecule has 20 heavy (non-hydrogen) atoms. The molecular weight excluding hydrogens is 250 g/mol. The van der Waals surface area contributed by atoms with Gasteiger partial charge in [0.25, 0.3) is 0 Å². The molecule has 0 saturated carbocycles. The van der Waals surface area contributed by atoms with E-state index in [1.807, 2.05) is 16.9 Å². The topological polar surface area (TPSA) is 54.2 Å². The molecule has 5 nitrogen and oxygen atoms in total. The normalized spacial score (nSPS) is 17.6. The third-order valence-electron chi connectivity index (χ3n) is 3.26. The van der Waals surface area contributed by atoms with Crippen LogP contribution in [0.3, 0.4) is 0 Å². The molecule has 1 unspecified atom stereocenters. The summed E-state index contributed by atoms with van der Waals surface area (Å²) in [6, 6.07) is 10.9. The molecule has 1 aliphatic rings. The zero-order chi connectivity index (χ0) is 13.8. The van der Waals surface area contributed by atoms with Gasteiger partial charge in [-0.15, -0.1) is 0 Å². The van der Waals surface area contributed by atoms with Crippen LogP contribution in [0, 0.1) is 0 Å². The molecule has 1 aliphatic heterocycles. The van der Waals surface area contributed by atoms with Crippen LogP contribution in [-0.2, 0) is 13.1 Å². The molecule has 2 N–H and O–H groups in total. The van der Waals surface area contributed by atoms with Crippen molar-refractivity contribution in [2.24, 2.45) is 4.99 Å². The molecule has 0 bridgehead atoms. The first-order valence-electron chi connectivity index (χ1n) is 6.90. The van der Waals surface area contributed by atoms with Crippen LogP contribution >= 0.6 is 0 Å². The summed E-state index contributed by atoms with van der Waals surface area (Å²) in [5.74, 6) is 0.898. The molecular formula is C15H19N5. The van der Waals surface area contributed by atoms with Crippen molar-refractivity contribution in [1.29, 1.82) is 0 Å². The van der Waals surface area contributed by atoms with Gasteiger partial charge in [-0.05, 0) is 24.1 Å². The number of hydrogen-bond acceptors (Lipinski definition) is 4. The average molecular weight is 269 g/mol. The van der Waals surface area contributed by atoms with Crippen LogP contribution in [0.25, 0.3) is 0 Å². The van der Waals surface area contributed by atoms with Gasteiger partial charge < -0.3 is 10.6 Å². The molecule has 104 valence electrons. The van der Waals surface area contributed by atoms with Crippen LogP contribution in [0.1, 0.15) is 18.1 Å². The number of benzene rings is 1. The van der Waals surface area contributed by atoms with Crippen molar-refractivity contribution < 1.29 is 0 Å². The molecule has 0 radical (unpaired) electrons. The van der Waals surface area contributed by atoms with Gasteiger partial charge in [-0.2, -0.15) is 5.10 Å². The summed E-state index contributed by atoms with van der Waals surface area (Å²) in [6.45, 7) is 4.56. The minimum Gasteiger partial charge on any atom is -0.352 e. The minimum atomic E-state index is 0.434. The monoisotopic (exact) mass is 269 g/mol. The summed E-state index contributed by atoms with van der Waals surface area (Å²) < 4.78 is 1.93. The van der Waals surface area contributed by atoms with Crippen molar-refractivity contribution >= 4 is 5.96 Å². The average Bonchev–Trinajstić information content (AvgIpc) is 3.09. The van der Waals surface area contributed by atoms with Crippen LogP contribution in [0.15, 0.2) is 47.7 Å². The molecule has 3 rings (SSSR count). The number of aliphatic imine (C=N–C) groups is 1. The number of hydrogen-bond donors (Lipinski definition) is 2. The Balaban J connectivity index is 1.60. The first-order valence-corrected chi connectivity index (χ1v) is 6.90. The Morgan fingerprint density at radius 3 is 3.00 bits per heavy atom. The Hall–Kier alpha value is -2.30. The first kappa shape index (κ1) is 12.7. The van der Waals surface area contributed by atoms with Gasteiger partial charge >= 0.3 is 0 Å². The zero-order valence-corrected chi connectivity index (χ0v) is 11.6. The lowest BCUT2D eigenvalue weighted by molar-refractivity contribution is 0.685. The molecule has 0 spiro atoms. The second-order valence-corrected chi connectivity index (χ2v) is 5.11. The molecule has 1 aromatic carbocycles. The van der Waals surface area contributed by atoms with Gasteiger partial charge in [0.2, 0.25) is 0 Å². The summed E-state index contributed by atoms with van der Waals surface area (Å²) >= 11 is 0. The van der Waals surface area contributed by atoms with Gasteiger partial charge in [-0.1, -0.05) is 24.3 Å². The smallest absolute Gasteiger partial charge is 0.191 e. The van der Waals surface area contributed by atoms with Crippen molar-refractivity contribution in [3.8, 4) is 0 Å². The van der Waals surface area contributed by atoms with Crippen LogP contribution < -0.4 is 10.6 Å². The summed E-state index contributed by atoms with van der Waals surface area (Å²) in [4.78, 5) is 4.40. The van der Waals surface area contributed by atoms with Gasteiger partial charge in [-0.25, -0.2) is 0 Å². The lowest BCUT2D eigenvalue weighted by Crippen LogP contribution is -2.37. The maximum Gasteiger partial charge on any atom is 0.191 e. The number of rotatable bonds is 4. The van der Waals surface area contributed by atoms with Gasteiger partial charge in [0, 0.05) is 25.0 Å². The second-order valence-electron chi connectivity index (χ2n) is 5.11. The number of guanidine groups is 1. The first-order chi connectivity index (χ1) is 9.79. The van der Waals surface area contributed by atoms with E-state index in [0.717, 1.165) is 25.6 Å². The highest BCUT2D eigenvalue weighted by Crippen LogP contribution is 2.07. The zero-order valence-electron chi connectivity index (χ0n) is 11.6. The molecule has 0 amide bonds. The predicted octanol–water partition coefficient (Wildman–Crippen LogP) is 1.37. The van der Waals surface area contributed by atoms with Crippen molar-refractivity contribution in [2.75, 3.05) is 6.54 Å². The summed E-state index contributed by atoms with van der Waals surface area (Å²) in [5.41, 5.74) is 2.50. The second kappa shape index (κ2) is 5.77. The molecule has 0 aliphatic carbocycles. The quantitative estimate of drug-likeness (QED) is 0.881. The summed E-state index contributed by atoms with van der Waals surface area (Å²) in [7, 11) is 0. The lowest BCUT2D eigenvalue weighted by Gasteiger charge is -2.10. The van der Waals surface area contributed by atoms with Crippen molar-refractivity contribution in [1.82, 2.24) is 20.4 Å². The standard InChI is InChI=1S/C15H19N5/c1-12-9-16-15(19-12)17-10-13-4-2-5-14(8-13)11-20-7-3-6-18-20/h2-8,12H,9-11H2,1H3,(H2,16,17,19). The van der Waals surface area contributed by atoms with Gasteiger partial charge in [0.15, 0.2) is 5.96 Å². The van der Waals surface area contributed by atoms with Crippen LogP contribution in [-0.4, -0.2) is 28.3 Å². The minimum absolute atomic E-state index is 0.434. The summed E-state index contributed by atoms with van der Waals surface area (Å²) in [6.07, 6.45) is 3.78. The van der Waals surface area contributed by atoms with Gasteiger partial charge in [0.1, 0.15) is 0 Å². The van der Waals surface area contributed by atoms with Crippen LogP contribution in [0.4, 0.5) is 0 Å². The van der Waals surface area contributed by atoms with Crippen molar-refractivity contribution in [2.45, 2.75) is 26.1 Å². The number of aromatic nitrogens is 2. The summed E-state index contributed by atoms with van der Waals surface area (Å²) in [5, 5.41) is 10.9. The number of nitrogens with one attached hydrogen (secondary N) is 2. The van der Waals surface area contributed by atoms with E-state index in [4.69, 9.17) is 0 Å². The van der Waals surface area contributed by atoms with E-state index in [9.17, 15) is 0 Å². The fourth-order valence-corrected chi connectivity index (χ4v) is 2.26.